The number of rotatable bonds is 7. The van der Waals surface area contributed by atoms with E-state index in [0.717, 1.165) is 12.0 Å². The summed E-state index contributed by atoms with van der Waals surface area (Å²) >= 11 is 0. The number of halogens is 1. The highest BCUT2D eigenvalue weighted by Crippen LogP contribution is 2.13. The van der Waals surface area contributed by atoms with Crippen molar-refractivity contribution >= 4 is 11.9 Å². The van der Waals surface area contributed by atoms with E-state index in [1.165, 1.54) is 29.8 Å². The van der Waals surface area contributed by atoms with Gasteiger partial charge in [0.05, 0.1) is 6.42 Å². The molecule has 6 nitrogen and oxygen atoms in total. The van der Waals surface area contributed by atoms with Crippen molar-refractivity contribution < 1.29 is 18.3 Å². The van der Waals surface area contributed by atoms with E-state index in [1.807, 2.05) is 12.1 Å². The fourth-order valence-corrected chi connectivity index (χ4v) is 2.28. The Hall–Kier alpha value is -3.22. The first-order valence-electron chi connectivity index (χ1n) is 8.21. The molecule has 0 aliphatic carbocycles. The molecule has 0 fully saturated rings. The Morgan fingerprint density at radius 3 is 2.46 bits per heavy atom. The average Bonchev–Trinajstić information content (AvgIpc) is 3.08. The lowest BCUT2D eigenvalue weighted by molar-refractivity contribution is -0.118. The Bertz CT molecular complexity index is 860. The average molecular weight is 355 g/mol. The van der Waals surface area contributed by atoms with Crippen LogP contribution in [0.4, 0.5) is 10.4 Å². The van der Waals surface area contributed by atoms with Gasteiger partial charge in [-0.25, -0.2) is 4.39 Å². The van der Waals surface area contributed by atoms with Crippen molar-refractivity contribution in [3.8, 4) is 5.75 Å². The minimum absolute atomic E-state index is 0.0119. The first-order valence-corrected chi connectivity index (χ1v) is 8.21. The minimum Gasteiger partial charge on any atom is -0.484 e. The highest BCUT2D eigenvalue weighted by molar-refractivity contribution is 5.89. The zero-order chi connectivity index (χ0) is 18.4. The van der Waals surface area contributed by atoms with Crippen molar-refractivity contribution in [1.82, 2.24) is 10.2 Å². The molecule has 0 saturated carbocycles. The van der Waals surface area contributed by atoms with Crippen LogP contribution in [0.5, 0.6) is 5.75 Å². The molecule has 1 amide bonds. The number of hydrogen-bond donors (Lipinski definition) is 1. The number of carbonyl (C=O) groups is 1. The highest BCUT2D eigenvalue weighted by Gasteiger charge is 2.11. The van der Waals surface area contributed by atoms with Gasteiger partial charge in [0, 0.05) is 0 Å². The fourth-order valence-electron chi connectivity index (χ4n) is 2.28. The first-order chi connectivity index (χ1) is 12.6. The van der Waals surface area contributed by atoms with Gasteiger partial charge in [-0.1, -0.05) is 36.3 Å². The van der Waals surface area contributed by atoms with Crippen LogP contribution in [0.15, 0.2) is 52.9 Å². The van der Waals surface area contributed by atoms with Gasteiger partial charge >= 0.3 is 6.01 Å². The number of nitrogens with one attached hydrogen (secondary N) is 1. The van der Waals surface area contributed by atoms with Gasteiger partial charge in [0.25, 0.3) is 5.91 Å². The summed E-state index contributed by atoms with van der Waals surface area (Å²) in [5.41, 5.74) is 2.30. The Morgan fingerprint density at radius 2 is 1.77 bits per heavy atom. The largest absolute Gasteiger partial charge is 0.484 e. The Balaban J connectivity index is 1.50. The maximum Gasteiger partial charge on any atom is 0.322 e. The number of carbonyl (C=O) groups excluding carboxylic acids is 1. The van der Waals surface area contributed by atoms with Gasteiger partial charge in [-0.3, -0.25) is 10.1 Å². The van der Waals surface area contributed by atoms with Crippen LogP contribution in [0.25, 0.3) is 0 Å². The molecule has 1 aromatic heterocycles. The predicted octanol–water partition coefficient (Wildman–Crippen LogP) is 3.38. The summed E-state index contributed by atoms with van der Waals surface area (Å²) in [5, 5.41) is 10.2. The van der Waals surface area contributed by atoms with Crippen LogP contribution in [0.3, 0.4) is 0 Å². The normalized spacial score (nSPS) is 10.5. The summed E-state index contributed by atoms with van der Waals surface area (Å²) in [6, 6.07) is 13.5. The molecule has 2 aromatic carbocycles. The molecule has 26 heavy (non-hydrogen) atoms. The summed E-state index contributed by atoms with van der Waals surface area (Å²) in [6.45, 7) is 1.85. The van der Waals surface area contributed by atoms with Crippen LogP contribution in [-0.4, -0.2) is 22.7 Å². The van der Waals surface area contributed by atoms with Crippen LogP contribution < -0.4 is 10.1 Å². The summed E-state index contributed by atoms with van der Waals surface area (Å²) < 4.78 is 23.5. The summed E-state index contributed by atoms with van der Waals surface area (Å²) in [7, 11) is 0. The van der Waals surface area contributed by atoms with Gasteiger partial charge in [0.15, 0.2) is 6.61 Å². The Morgan fingerprint density at radius 1 is 1.08 bits per heavy atom. The second-order valence-corrected chi connectivity index (χ2v) is 5.64. The third kappa shape index (κ3) is 4.89. The minimum atomic E-state index is -0.447. The van der Waals surface area contributed by atoms with E-state index in [-0.39, 0.29) is 18.4 Å². The number of nitrogens with zero attached hydrogens (tertiary/aromatic N) is 2. The van der Waals surface area contributed by atoms with Crippen molar-refractivity contribution in [2.75, 3.05) is 11.9 Å². The van der Waals surface area contributed by atoms with E-state index in [4.69, 9.17) is 9.15 Å². The quantitative estimate of drug-likeness (QED) is 0.703. The number of benzene rings is 2. The number of aryl methyl sites for hydroxylation is 1. The lowest BCUT2D eigenvalue weighted by Gasteiger charge is -2.04. The SMILES string of the molecule is CCc1ccc(Cc2nnc(NC(=O)COc3ccc(F)cc3)o2)cc1. The third-order valence-corrected chi connectivity index (χ3v) is 3.68. The van der Waals surface area contributed by atoms with Crippen molar-refractivity contribution in [1.29, 1.82) is 0 Å². The van der Waals surface area contributed by atoms with Crippen molar-refractivity contribution in [2.24, 2.45) is 0 Å². The van der Waals surface area contributed by atoms with Crippen LogP contribution >= 0.6 is 0 Å². The molecule has 7 heteroatoms. The van der Waals surface area contributed by atoms with E-state index >= 15 is 0 Å². The highest BCUT2D eigenvalue weighted by atomic mass is 19.1. The lowest BCUT2D eigenvalue weighted by atomic mass is 10.1. The molecular formula is C19H18FN3O3. The third-order valence-electron chi connectivity index (χ3n) is 3.68. The predicted molar refractivity (Wildman–Crippen MR) is 93.4 cm³/mol. The summed E-state index contributed by atoms with van der Waals surface area (Å²) in [6.07, 6.45) is 1.47. The monoisotopic (exact) mass is 355 g/mol. The molecule has 0 saturated heterocycles. The van der Waals surface area contributed by atoms with Crippen molar-refractivity contribution in [3.63, 3.8) is 0 Å². The van der Waals surface area contributed by atoms with Gasteiger partial charge in [-0.15, -0.1) is 5.10 Å². The van der Waals surface area contributed by atoms with Crippen molar-refractivity contribution in [2.45, 2.75) is 19.8 Å². The number of aromatic nitrogens is 2. The van der Waals surface area contributed by atoms with Gasteiger partial charge in [-0.2, -0.15) is 0 Å². The van der Waals surface area contributed by atoms with Gasteiger partial charge < -0.3 is 9.15 Å². The number of hydrogen-bond acceptors (Lipinski definition) is 5. The lowest BCUT2D eigenvalue weighted by Crippen LogP contribution is -2.20. The summed E-state index contributed by atoms with van der Waals surface area (Å²) in [4.78, 5) is 11.9. The van der Waals surface area contributed by atoms with E-state index in [0.29, 0.717) is 18.1 Å². The fraction of sp³-hybridized carbons (Fsp3) is 0.211. The van der Waals surface area contributed by atoms with Gasteiger partial charge in [0.2, 0.25) is 5.89 Å². The van der Waals surface area contributed by atoms with E-state index in [9.17, 15) is 9.18 Å². The molecule has 134 valence electrons. The molecule has 0 aliphatic rings. The molecule has 0 atom stereocenters. The number of ether oxygens (including phenoxy) is 1. The van der Waals surface area contributed by atoms with E-state index < -0.39 is 5.91 Å². The zero-order valence-electron chi connectivity index (χ0n) is 14.2. The number of amides is 1. The molecule has 0 unspecified atom stereocenters. The molecule has 1 heterocycles. The van der Waals surface area contributed by atoms with Crippen molar-refractivity contribution in [3.05, 3.63) is 71.4 Å². The molecule has 0 aliphatic heterocycles. The molecule has 3 rings (SSSR count). The van der Waals surface area contributed by atoms with Crippen LogP contribution in [0, 0.1) is 5.82 Å². The summed E-state index contributed by atoms with van der Waals surface area (Å²) in [5.74, 6) is -0.0198. The van der Waals surface area contributed by atoms with Crippen LogP contribution in [0.1, 0.15) is 23.9 Å². The van der Waals surface area contributed by atoms with Crippen LogP contribution in [-0.2, 0) is 17.6 Å². The Kier molecular flexibility index (Phi) is 5.58. The number of anilines is 1. The van der Waals surface area contributed by atoms with Gasteiger partial charge in [0.1, 0.15) is 11.6 Å². The van der Waals surface area contributed by atoms with E-state index in [1.54, 1.807) is 0 Å². The molecule has 3 aromatic rings. The maximum absolute atomic E-state index is 12.8. The molecular weight excluding hydrogens is 337 g/mol. The molecule has 0 bridgehead atoms. The standard InChI is InChI=1S/C19H18FN3O3/c1-2-13-3-5-14(6-4-13)11-18-22-23-19(26-18)21-17(24)12-25-16-9-7-15(20)8-10-16/h3-10H,2,11-12H2,1H3,(H,21,23,24). The molecule has 0 radical (unpaired) electrons. The topological polar surface area (TPSA) is 77.2 Å². The molecule has 0 spiro atoms. The Labute approximate surface area is 150 Å². The zero-order valence-corrected chi connectivity index (χ0v) is 14.2. The second-order valence-electron chi connectivity index (χ2n) is 5.64. The van der Waals surface area contributed by atoms with E-state index in [2.05, 4.69) is 34.6 Å². The molecule has 1 N–H and O–H groups in total. The smallest absolute Gasteiger partial charge is 0.322 e. The van der Waals surface area contributed by atoms with Crippen LogP contribution in [0.2, 0.25) is 0 Å². The second kappa shape index (κ2) is 8.24. The van der Waals surface area contributed by atoms with Gasteiger partial charge in [-0.05, 0) is 41.8 Å². The maximum atomic E-state index is 12.8. The first kappa shape index (κ1) is 17.6.